The molecule has 1 aliphatic carbocycles. The van der Waals surface area contributed by atoms with Gasteiger partial charge in [0.1, 0.15) is 0 Å². The number of hydrogen-bond donors (Lipinski definition) is 2. The highest BCUT2D eigenvalue weighted by atomic mass is 16.5. The average Bonchev–Trinajstić information content (AvgIpc) is 2.80. The Bertz CT molecular complexity index is 497. The van der Waals surface area contributed by atoms with E-state index in [0.717, 1.165) is 25.7 Å². The number of rotatable bonds is 3. The number of carbonyl (C=O) groups is 2. The van der Waals surface area contributed by atoms with Crippen LogP contribution in [-0.4, -0.2) is 28.8 Å². The van der Waals surface area contributed by atoms with E-state index in [1.165, 1.54) is 7.11 Å². The van der Waals surface area contributed by atoms with Crippen LogP contribution in [0.3, 0.4) is 0 Å². The molecule has 1 amide bonds. The molecule has 2 rings (SSSR count). The number of esters is 1. The Morgan fingerprint density at radius 2 is 2.11 bits per heavy atom. The van der Waals surface area contributed by atoms with E-state index in [1.807, 2.05) is 0 Å². The molecule has 4 N–H and O–H groups in total. The highest BCUT2D eigenvalue weighted by Gasteiger charge is 2.34. The molecule has 2 atom stereocenters. The van der Waals surface area contributed by atoms with Crippen LogP contribution in [0.5, 0.6) is 0 Å². The van der Waals surface area contributed by atoms with Crippen LogP contribution in [0.1, 0.15) is 42.2 Å². The third-order valence-electron chi connectivity index (χ3n) is 3.57. The van der Waals surface area contributed by atoms with Crippen molar-refractivity contribution in [2.75, 3.05) is 12.8 Å². The van der Waals surface area contributed by atoms with Gasteiger partial charge >= 0.3 is 5.97 Å². The lowest BCUT2D eigenvalue weighted by Gasteiger charge is -2.29. The molecular weight excluding hydrogens is 248 g/mol. The van der Waals surface area contributed by atoms with E-state index in [9.17, 15) is 9.59 Å². The fraction of sp³-hybridized carbons (Fsp3) is 0.583. The molecule has 1 saturated carbocycles. The standard InChI is InChI=1S/C12H18N4O3/c1-19-12(18)7-4-2-3-5-9(7)16-6-8(13)10(15-16)11(14)17/h6-7,9H,2-5,13H2,1H3,(H2,14,17). The number of nitrogen functional groups attached to an aromatic ring is 1. The van der Waals surface area contributed by atoms with E-state index >= 15 is 0 Å². The molecule has 2 unspecified atom stereocenters. The van der Waals surface area contributed by atoms with Crippen molar-refractivity contribution in [3.63, 3.8) is 0 Å². The molecule has 7 heteroatoms. The van der Waals surface area contributed by atoms with Crippen molar-refractivity contribution in [2.45, 2.75) is 31.7 Å². The zero-order chi connectivity index (χ0) is 14.0. The molecule has 19 heavy (non-hydrogen) atoms. The number of nitrogens with zero attached hydrogens (tertiary/aromatic N) is 2. The van der Waals surface area contributed by atoms with Crippen LogP contribution < -0.4 is 11.5 Å². The lowest BCUT2D eigenvalue weighted by molar-refractivity contribution is -0.148. The van der Waals surface area contributed by atoms with Crippen molar-refractivity contribution < 1.29 is 14.3 Å². The normalized spacial score (nSPS) is 23.0. The molecule has 0 aliphatic heterocycles. The summed E-state index contributed by atoms with van der Waals surface area (Å²) in [5.41, 5.74) is 11.2. The third kappa shape index (κ3) is 2.54. The van der Waals surface area contributed by atoms with Gasteiger partial charge in [-0.15, -0.1) is 0 Å². The van der Waals surface area contributed by atoms with Crippen LogP contribution in [0.25, 0.3) is 0 Å². The van der Waals surface area contributed by atoms with Crippen molar-refractivity contribution in [2.24, 2.45) is 11.7 Å². The summed E-state index contributed by atoms with van der Waals surface area (Å²) >= 11 is 0. The minimum atomic E-state index is -0.665. The highest BCUT2D eigenvalue weighted by Crippen LogP contribution is 2.35. The van der Waals surface area contributed by atoms with Gasteiger partial charge in [-0.3, -0.25) is 14.3 Å². The Morgan fingerprint density at radius 3 is 2.68 bits per heavy atom. The first kappa shape index (κ1) is 13.4. The number of aromatic nitrogens is 2. The fourth-order valence-corrected chi connectivity index (χ4v) is 2.62. The van der Waals surface area contributed by atoms with E-state index < -0.39 is 5.91 Å². The van der Waals surface area contributed by atoms with Gasteiger partial charge in [-0.2, -0.15) is 5.10 Å². The Balaban J connectivity index is 2.29. The predicted molar refractivity (Wildman–Crippen MR) is 68.2 cm³/mol. The molecule has 1 aromatic heterocycles. The van der Waals surface area contributed by atoms with Crippen LogP contribution in [-0.2, 0) is 9.53 Å². The summed E-state index contributed by atoms with van der Waals surface area (Å²) < 4.78 is 6.40. The second kappa shape index (κ2) is 5.29. The summed E-state index contributed by atoms with van der Waals surface area (Å²) in [7, 11) is 1.38. The first-order valence-corrected chi connectivity index (χ1v) is 6.27. The van der Waals surface area contributed by atoms with Gasteiger partial charge in [0.25, 0.3) is 5.91 Å². The number of primary amides is 1. The molecule has 104 valence electrons. The molecule has 0 spiro atoms. The topological polar surface area (TPSA) is 113 Å². The number of amides is 1. The second-order valence-electron chi connectivity index (χ2n) is 4.76. The maximum Gasteiger partial charge on any atom is 0.310 e. The van der Waals surface area contributed by atoms with Gasteiger partial charge in [0, 0.05) is 6.20 Å². The van der Waals surface area contributed by atoms with Crippen LogP contribution in [0, 0.1) is 5.92 Å². The van der Waals surface area contributed by atoms with Gasteiger partial charge in [0.2, 0.25) is 0 Å². The first-order valence-electron chi connectivity index (χ1n) is 6.27. The van der Waals surface area contributed by atoms with Crippen molar-refractivity contribution >= 4 is 17.6 Å². The lowest BCUT2D eigenvalue weighted by atomic mass is 9.84. The molecule has 0 saturated heterocycles. The molecule has 7 nitrogen and oxygen atoms in total. The van der Waals surface area contributed by atoms with Crippen molar-refractivity contribution in [3.05, 3.63) is 11.9 Å². The summed E-state index contributed by atoms with van der Waals surface area (Å²) in [6, 6.07) is -0.128. The van der Waals surface area contributed by atoms with Crippen molar-refractivity contribution in [1.29, 1.82) is 0 Å². The maximum atomic E-state index is 11.8. The average molecular weight is 266 g/mol. The van der Waals surface area contributed by atoms with Crippen molar-refractivity contribution in [1.82, 2.24) is 9.78 Å². The predicted octanol–water partition coefficient (Wildman–Crippen LogP) is 0.469. The molecule has 0 aromatic carbocycles. The molecule has 1 heterocycles. The molecule has 0 bridgehead atoms. The van der Waals surface area contributed by atoms with Gasteiger partial charge in [0.05, 0.1) is 24.8 Å². The quantitative estimate of drug-likeness (QED) is 0.772. The molecular formula is C12H18N4O3. The highest BCUT2D eigenvalue weighted by molar-refractivity contribution is 5.95. The Hall–Kier alpha value is -2.05. The zero-order valence-corrected chi connectivity index (χ0v) is 10.8. The Labute approximate surface area is 110 Å². The van der Waals surface area contributed by atoms with E-state index in [0.29, 0.717) is 0 Å². The first-order chi connectivity index (χ1) is 9.04. The smallest absolute Gasteiger partial charge is 0.310 e. The van der Waals surface area contributed by atoms with Crippen LogP contribution in [0.15, 0.2) is 6.20 Å². The van der Waals surface area contributed by atoms with E-state index in [1.54, 1.807) is 10.9 Å². The second-order valence-corrected chi connectivity index (χ2v) is 4.76. The van der Waals surface area contributed by atoms with Gasteiger partial charge < -0.3 is 16.2 Å². The van der Waals surface area contributed by atoms with E-state index in [-0.39, 0.29) is 29.3 Å². The number of ether oxygens (including phenoxy) is 1. The van der Waals surface area contributed by atoms with Gasteiger partial charge in [0.15, 0.2) is 5.69 Å². The molecule has 1 aromatic rings. The monoisotopic (exact) mass is 266 g/mol. The van der Waals surface area contributed by atoms with Gasteiger partial charge in [-0.05, 0) is 12.8 Å². The summed E-state index contributed by atoms with van der Waals surface area (Å²) in [4.78, 5) is 23.0. The van der Waals surface area contributed by atoms with Gasteiger partial charge in [-0.25, -0.2) is 0 Å². The molecule has 1 fully saturated rings. The van der Waals surface area contributed by atoms with Gasteiger partial charge in [-0.1, -0.05) is 12.8 Å². The van der Waals surface area contributed by atoms with E-state index in [2.05, 4.69) is 5.10 Å². The minimum absolute atomic E-state index is 0.0502. The number of carbonyl (C=O) groups excluding carboxylic acids is 2. The number of nitrogens with two attached hydrogens (primary N) is 2. The van der Waals surface area contributed by atoms with Crippen molar-refractivity contribution in [3.8, 4) is 0 Å². The summed E-state index contributed by atoms with van der Waals surface area (Å²) in [6.45, 7) is 0. The third-order valence-corrected chi connectivity index (χ3v) is 3.57. The summed E-state index contributed by atoms with van der Waals surface area (Å²) in [5, 5.41) is 4.11. The summed E-state index contributed by atoms with van der Waals surface area (Å²) in [5.74, 6) is -1.17. The SMILES string of the molecule is COC(=O)C1CCCCC1n1cc(N)c(C(N)=O)n1. The van der Waals surface area contributed by atoms with Crippen LogP contribution in [0.4, 0.5) is 5.69 Å². The Morgan fingerprint density at radius 1 is 1.42 bits per heavy atom. The molecule has 0 radical (unpaired) electrons. The largest absolute Gasteiger partial charge is 0.469 e. The Kier molecular flexibility index (Phi) is 3.73. The van der Waals surface area contributed by atoms with Crippen LogP contribution in [0.2, 0.25) is 0 Å². The van der Waals surface area contributed by atoms with E-state index in [4.69, 9.17) is 16.2 Å². The zero-order valence-electron chi connectivity index (χ0n) is 10.8. The number of anilines is 1. The van der Waals surface area contributed by atoms with Crippen LogP contribution >= 0.6 is 0 Å². The lowest BCUT2D eigenvalue weighted by Crippen LogP contribution is -2.31. The minimum Gasteiger partial charge on any atom is -0.469 e. The number of hydrogen-bond acceptors (Lipinski definition) is 5. The maximum absolute atomic E-state index is 11.8. The number of methoxy groups -OCH3 is 1. The fourth-order valence-electron chi connectivity index (χ4n) is 2.62. The summed E-state index contributed by atoms with van der Waals surface area (Å²) in [6.07, 6.45) is 5.10. The molecule has 1 aliphatic rings.